The maximum atomic E-state index is 12.1. The normalized spacial score (nSPS) is 15.4. The Morgan fingerprint density at radius 3 is 2.63 bits per heavy atom. The Kier molecular flexibility index (Phi) is 6.81. The molecule has 0 aliphatic carbocycles. The van der Waals surface area contributed by atoms with Crippen molar-refractivity contribution in [3.05, 3.63) is 35.2 Å². The van der Waals surface area contributed by atoms with E-state index in [1.165, 1.54) is 0 Å². The smallest absolute Gasteiger partial charge is 0.410 e. The minimum Gasteiger partial charge on any atom is -0.444 e. The summed E-state index contributed by atoms with van der Waals surface area (Å²) < 4.78 is 10.7. The number of aromatic nitrogens is 2. The van der Waals surface area contributed by atoms with Gasteiger partial charge in [0.05, 0.1) is 6.54 Å². The summed E-state index contributed by atoms with van der Waals surface area (Å²) in [7, 11) is 0. The third kappa shape index (κ3) is 6.09. The van der Waals surface area contributed by atoms with Gasteiger partial charge in [-0.2, -0.15) is 4.98 Å². The standard InChI is InChI=1S/C20H27ClN6O3/c1-20(2,3)29-19(28)27-11-9-26(10-12-27)18(22)23-8-7-16-24-17(25-30-16)14-5-4-6-15(21)13-14/h4-6,13H,7-12H2,1-3H3,(H2,22,23). The van der Waals surface area contributed by atoms with Crippen LogP contribution in [0.25, 0.3) is 11.4 Å². The fourth-order valence-corrected chi connectivity index (χ4v) is 3.10. The van der Waals surface area contributed by atoms with Gasteiger partial charge in [-0.05, 0) is 32.9 Å². The molecule has 0 saturated carbocycles. The van der Waals surface area contributed by atoms with Crippen molar-refractivity contribution in [1.82, 2.24) is 19.9 Å². The lowest BCUT2D eigenvalue weighted by molar-refractivity contribution is 0.0186. The molecular weight excluding hydrogens is 408 g/mol. The van der Waals surface area contributed by atoms with Crippen LogP contribution >= 0.6 is 11.6 Å². The van der Waals surface area contributed by atoms with Crippen molar-refractivity contribution in [1.29, 1.82) is 0 Å². The van der Waals surface area contributed by atoms with Crippen molar-refractivity contribution in [2.45, 2.75) is 32.8 Å². The molecule has 30 heavy (non-hydrogen) atoms. The summed E-state index contributed by atoms with van der Waals surface area (Å²) in [4.78, 5) is 24.5. The number of guanidine groups is 1. The summed E-state index contributed by atoms with van der Waals surface area (Å²) in [6.45, 7) is 8.28. The third-order valence-electron chi connectivity index (χ3n) is 4.41. The fraction of sp³-hybridized carbons (Fsp3) is 0.500. The van der Waals surface area contributed by atoms with Crippen molar-refractivity contribution in [3.63, 3.8) is 0 Å². The second kappa shape index (κ2) is 9.34. The number of carbonyl (C=O) groups is 1. The molecular formula is C20H27ClN6O3. The molecule has 2 N–H and O–H groups in total. The largest absolute Gasteiger partial charge is 0.444 e. The number of ether oxygens (including phenoxy) is 1. The molecule has 0 radical (unpaired) electrons. The van der Waals surface area contributed by atoms with Gasteiger partial charge in [-0.1, -0.05) is 28.9 Å². The highest BCUT2D eigenvalue weighted by Gasteiger charge is 2.26. The highest BCUT2D eigenvalue weighted by molar-refractivity contribution is 6.30. The van der Waals surface area contributed by atoms with Gasteiger partial charge in [0.2, 0.25) is 11.7 Å². The number of hydrogen-bond donors (Lipinski definition) is 1. The van der Waals surface area contributed by atoms with E-state index >= 15 is 0 Å². The Labute approximate surface area is 180 Å². The molecule has 1 aliphatic rings. The third-order valence-corrected chi connectivity index (χ3v) is 4.64. The Morgan fingerprint density at radius 1 is 1.27 bits per heavy atom. The zero-order valence-electron chi connectivity index (χ0n) is 17.5. The number of piperazine rings is 1. The molecule has 162 valence electrons. The van der Waals surface area contributed by atoms with Crippen molar-refractivity contribution in [2.75, 3.05) is 32.7 Å². The van der Waals surface area contributed by atoms with Crippen LogP contribution in [0, 0.1) is 0 Å². The first kappa shape index (κ1) is 21.9. The van der Waals surface area contributed by atoms with Gasteiger partial charge in [0.25, 0.3) is 0 Å². The summed E-state index contributed by atoms with van der Waals surface area (Å²) in [5.41, 5.74) is 6.40. The maximum Gasteiger partial charge on any atom is 0.410 e. The molecule has 2 aromatic rings. The molecule has 1 aromatic heterocycles. The van der Waals surface area contributed by atoms with Crippen LogP contribution in [0.15, 0.2) is 33.8 Å². The van der Waals surface area contributed by atoms with E-state index in [2.05, 4.69) is 15.1 Å². The molecule has 1 aliphatic heterocycles. The van der Waals surface area contributed by atoms with Gasteiger partial charge in [-0.3, -0.25) is 4.99 Å². The van der Waals surface area contributed by atoms with Crippen LogP contribution < -0.4 is 5.73 Å². The zero-order valence-corrected chi connectivity index (χ0v) is 18.2. The highest BCUT2D eigenvalue weighted by Crippen LogP contribution is 2.20. The number of rotatable bonds is 4. The predicted octanol–water partition coefficient (Wildman–Crippen LogP) is 2.80. The molecule has 0 atom stereocenters. The van der Waals surface area contributed by atoms with Crippen LogP contribution in [-0.2, 0) is 11.2 Å². The first-order valence-corrected chi connectivity index (χ1v) is 10.2. The van der Waals surface area contributed by atoms with Crippen LogP contribution in [0.3, 0.4) is 0 Å². The van der Waals surface area contributed by atoms with Crippen molar-refractivity contribution >= 4 is 23.7 Å². The summed E-state index contributed by atoms with van der Waals surface area (Å²) in [5.74, 6) is 1.41. The van der Waals surface area contributed by atoms with Crippen LogP contribution in [0.4, 0.5) is 4.79 Å². The van der Waals surface area contributed by atoms with Crippen molar-refractivity contribution in [3.8, 4) is 11.4 Å². The van der Waals surface area contributed by atoms with E-state index < -0.39 is 5.60 Å². The van der Waals surface area contributed by atoms with Gasteiger partial charge in [-0.15, -0.1) is 0 Å². The lowest BCUT2D eigenvalue weighted by Gasteiger charge is -2.36. The maximum absolute atomic E-state index is 12.1. The number of nitrogens with two attached hydrogens (primary N) is 1. The molecule has 1 aromatic carbocycles. The first-order valence-electron chi connectivity index (χ1n) is 9.82. The zero-order chi connectivity index (χ0) is 21.7. The summed E-state index contributed by atoms with van der Waals surface area (Å²) >= 11 is 6.00. The average molecular weight is 435 g/mol. The molecule has 1 amide bonds. The number of hydrogen-bond acceptors (Lipinski definition) is 6. The Balaban J connectivity index is 1.47. The van der Waals surface area contributed by atoms with Gasteiger partial charge in [0.15, 0.2) is 5.96 Å². The highest BCUT2D eigenvalue weighted by atomic mass is 35.5. The van der Waals surface area contributed by atoms with E-state index in [1.807, 2.05) is 37.8 Å². The first-order chi connectivity index (χ1) is 14.2. The monoisotopic (exact) mass is 434 g/mol. The molecule has 0 spiro atoms. The average Bonchev–Trinajstić information content (AvgIpc) is 3.16. The summed E-state index contributed by atoms with van der Waals surface area (Å²) in [5, 5.41) is 4.59. The van der Waals surface area contributed by atoms with E-state index in [-0.39, 0.29) is 6.09 Å². The topological polar surface area (TPSA) is 110 Å². The van der Waals surface area contributed by atoms with Crippen molar-refractivity contribution in [2.24, 2.45) is 10.7 Å². The minimum atomic E-state index is -0.504. The van der Waals surface area contributed by atoms with Crippen LogP contribution in [-0.4, -0.2) is 70.3 Å². The number of aliphatic imine (C=N–C) groups is 1. The molecule has 9 nitrogen and oxygen atoms in total. The lowest BCUT2D eigenvalue weighted by Crippen LogP contribution is -2.53. The molecule has 0 unspecified atom stereocenters. The second-order valence-corrected chi connectivity index (χ2v) is 8.40. The van der Waals surface area contributed by atoms with E-state index in [1.54, 1.807) is 17.0 Å². The van der Waals surface area contributed by atoms with E-state index in [0.29, 0.717) is 61.8 Å². The van der Waals surface area contributed by atoms with Crippen LogP contribution in [0.2, 0.25) is 5.02 Å². The number of amides is 1. The molecule has 0 bridgehead atoms. The molecule has 10 heteroatoms. The number of nitrogens with zero attached hydrogens (tertiary/aromatic N) is 5. The van der Waals surface area contributed by atoms with Gasteiger partial charge in [0, 0.05) is 43.2 Å². The Morgan fingerprint density at radius 2 is 1.97 bits per heavy atom. The molecule has 2 heterocycles. The summed E-state index contributed by atoms with van der Waals surface area (Å²) in [6.07, 6.45) is 0.177. The predicted molar refractivity (Wildman–Crippen MR) is 114 cm³/mol. The number of halogens is 1. The van der Waals surface area contributed by atoms with Gasteiger partial charge < -0.3 is 24.8 Å². The fourth-order valence-electron chi connectivity index (χ4n) is 2.91. The van der Waals surface area contributed by atoms with E-state index in [4.69, 9.17) is 26.6 Å². The lowest BCUT2D eigenvalue weighted by atomic mass is 10.2. The Hall–Kier alpha value is -2.81. The van der Waals surface area contributed by atoms with Gasteiger partial charge in [0.1, 0.15) is 5.60 Å². The Bertz CT molecular complexity index is 900. The molecule has 3 rings (SSSR count). The minimum absolute atomic E-state index is 0.301. The van der Waals surface area contributed by atoms with Gasteiger partial charge >= 0.3 is 6.09 Å². The number of benzene rings is 1. The SMILES string of the molecule is CC(C)(C)OC(=O)N1CCN(C(N)=NCCc2nc(-c3cccc(Cl)c3)no2)CC1. The van der Waals surface area contributed by atoms with Gasteiger partial charge in [-0.25, -0.2) is 4.79 Å². The van der Waals surface area contributed by atoms with E-state index in [9.17, 15) is 4.79 Å². The molecule has 1 fully saturated rings. The van der Waals surface area contributed by atoms with Crippen LogP contribution in [0.5, 0.6) is 0 Å². The second-order valence-electron chi connectivity index (χ2n) is 7.97. The van der Waals surface area contributed by atoms with E-state index in [0.717, 1.165) is 5.56 Å². The molecule has 1 saturated heterocycles. The van der Waals surface area contributed by atoms with Crippen molar-refractivity contribution < 1.29 is 14.1 Å². The van der Waals surface area contributed by atoms with Crippen LogP contribution in [0.1, 0.15) is 26.7 Å². The summed E-state index contributed by atoms with van der Waals surface area (Å²) in [6, 6.07) is 7.27. The quantitative estimate of drug-likeness (QED) is 0.581. The number of carbonyl (C=O) groups excluding carboxylic acids is 1.